The van der Waals surface area contributed by atoms with E-state index in [4.69, 9.17) is 0 Å². The zero-order valence-electron chi connectivity index (χ0n) is 8.95. The highest BCUT2D eigenvalue weighted by molar-refractivity contribution is 6.02. The third kappa shape index (κ3) is 2.47. The average Bonchev–Trinajstić information content (AvgIpc) is 2.69. The topological polar surface area (TPSA) is 46.9 Å². The molecule has 2 aromatic rings. The summed E-state index contributed by atoms with van der Waals surface area (Å²) in [5.41, 5.74) is 0.0817. The fourth-order valence-corrected chi connectivity index (χ4v) is 1.31. The number of nitrogens with one attached hydrogen (secondary N) is 1. The van der Waals surface area contributed by atoms with Crippen molar-refractivity contribution in [1.82, 2.24) is 9.78 Å². The van der Waals surface area contributed by atoms with Gasteiger partial charge in [-0.25, -0.2) is 8.78 Å². The van der Waals surface area contributed by atoms with Gasteiger partial charge in [-0.1, -0.05) is 0 Å². The zero-order valence-corrected chi connectivity index (χ0v) is 8.95. The van der Waals surface area contributed by atoms with Gasteiger partial charge in [0.15, 0.2) is 5.69 Å². The fraction of sp³-hybridized carbons (Fsp3) is 0.0909. The van der Waals surface area contributed by atoms with Gasteiger partial charge in [-0.3, -0.25) is 9.48 Å². The average molecular weight is 237 g/mol. The van der Waals surface area contributed by atoms with Crippen LogP contribution in [0.2, 0.25) is 0 Å². The van der Waals surface area contributed by atoms with Crippen LogP contribution in [0.4, 0.5) is 14.5 Å². The SMILES string of the molecule is Cn1ccc(C(=O)Nc2ccc(F)cc2F)n1. The molecule has 1 heterocycles. The van der Waals surface area contributed by atoms with Gasteiger partial charge >= 0.3 is 0 Å². The minimum Gasteiger partial charge on any atom is -0.318 e. The smallest absolute Gasteiger partial charge is 0.276 e. The summed E-state index contributed by atoms with van der Waals surface area (Å²) in [4.78, 5) is 11.6. The van der Waals surface area contributed by atoms with Gasteiger partial charge < -0.3 is 5.32 Å². The quantitative estimate of drug-likeness (QED) is 0.867. The maximum atomic E-state index is 13.3. The highest BCUT2D eigenvalue weighted by Gasteiger charge is 2.11. The predicted octanol–water partition coefficient (Wildman–Crippen LogP) is 1.95. The van der Waals surface area contributed by atoms with E-state index in [1.807, 2.05) is 0 Å². The highest BCUT2D eigenvalue weighted by atomic mass is 19.1. The molecule has 1 N–H and O–H groups in total. The van der Waals surface area contributed by atoms with Crippen molar-refractivity contribution < 1.29 is 13.6 Å². The normalized spacial score (nSPS) is 10.3. The van der Waals surface area contributed by atoms with Crippen LogP contribution >= 0.6 is 0 Å². The highest BCUT2D eigenvalue weighted by Crippen LogP contribution is 2.15. The van der Waals surface area contributed by atoms with Gasteiger partial charge in [0.2, 0.25) is 0 Å². The lowest BCUT2D eigenvalue weighted by Crippen LogP contribution is -2.14. The van der Waals surface area contributed by atoms with Gasteiger partial charge in [0, 0.05) is 19.3 Å². The standard InChI is InChI=1S/C11H9F2N3O/c1-16-5-4-10(15-16)11(17)14-9-3-2-7(12)6-8(9)13/h2-6H,1H3,(H,14,17). The van der Waals surface area contributed by atoms with Crippen molar-refractivity contribution in [1.29, 1.82) is 0 Å². The number of benzene rings is 1. The van der Waals surface area contributed by atoms with E-state index in [9.17, 15) is 13.6 Å². The number of hydrogen-bond donors (Lipinski definition) is 1. The summed E-state index contributed by atoms with van der Waals surface area (Å²) in [6, 6.07) is 4.42. The number of carbonyl (C=O) groups is 1. The van der Waals surface area contributed by atoms with Gasteiger partial charge in [0.25, 0.3) is 5.91 Å². The molecule has 0 bridgehead atoms. The monoisotopic (exact) mass is 237 g/mol. The lowest BCUT2D eigenvalue weighted by molar-refractivity contribution is 0.102. The molecular weight excluding hydrogens is 228 g/mol. The van der Waals surface area contributed by atoms with Crippen LogP contribution in [0.3, 0.4) is 0 Å². The van der Waals surface area contributed by atoms with Crippen molar-refractivity contribution in [2.24, 2.45) is 7.05 Å². The first-order valence-corrected chi connectivity index (χ1v) is 4.82. The fourth-order valence-electron chi connectivity index (χ4n) is 1.31. The first-order valence-electron chi connectivity index (χ1n) is 4.82. The molecule has 0 aliphatic carbocycles. The molecule has 0 atom stereocenters. The van der Waals surface area contributed by atoms with E-state index in [0.717, 1.165) is 12.1 Å². The summed E-state index contributed by atoms with van der Waals surface area (Å²) in [6.45, 7) is 0. The molecule has 1 aromatic carbocycles. The van der Waals surface area contributed by atoms with Crippen molar-refractivity contribution in [3.63, 3.8) is 0 Å². The Bertz CT molecular complexity index is 566. The van der Waals surface area contributed by atoms with Crippen LogP contribution in [0.1, 0.15) is 10.5 Å². The lowest BCUT2D eigenvalue weighted by atomic mass is 10.3. The van der Waals surface area contributed by atoms with Crippen LogP contribution in [0.5, 0.6) is 0 Å². The van der Waals surface area contributed by atoms with Gasteiger partial charge in [-0.15, -0.1) is 0 Å². The Balaban J connectivity index is 2.18. The van der Waals surface area contributed by atoms with E-state index in [0.29, 0.717) is 6.07 Å². The number of nitrogens with zero attached hydrogens (tertiary/aromatic N) is 2. The first-order chi connectivity index (χ1) is 8.06. The van der Waals surface area contributed by atoms with Crippen molar-refractivity contribution >= 4 is 11.6 Å². The molecule has 0 fully saturated rings. The van der Waals surface area contributed by atoms with E-state index in [2.05, 4.69) is 10.4 Å². The summed E-state index contributed by atoms with van der Waals surface area (Å²) in [5.74, 6) is -2.07. The molecular formula is C11H9F2N3O. The molecule has 0 saturated carbocycles. The second-order valence-electron chi connectivity index (χ2n) is 3.45. The molecule has 0 aliphatic rings. The van der Waals surface area contributed by atoms with Crippen LogP contribution in [0.15, 0.2) is 30.5 Å². The molecule has 1 amide bonds. The molecule has 2 rings (SSSR count). The Morgan fingerprint density at radius 2 is 2.12 bits per heavy atom. The van der Waals surface area contributed by atoms with Crippen LogP contribution in [0, 0.1) is 11.6 Å². The number of aromatic nitrogens is 2. The predicted molar refractivity (Wildman–Crippen MR) is 57.5 cm³/mol. The number of amides is 1. The van der Waals surface area contributed by atoms with E-state index in [-0.39, 0.29) is 11.4 Å². The third-order valence-corrected chi connectivity index (χ3v) is 2.13. The van der Waals surface area contributed by atoms with Crippen LogP contribution < -0.4 is 5.32 Å². The van der Waals surface area contributed by atoms with Gasteiger partial charge in [-0.2, -0.15) is 5.10 Å². The Morgan fingerprint density at radius 3 is 2.71 bits per heavy atom. The summed E-state index contributed by atoms with van der Waals surface area (Å²) >= 11 is 0. The van der Waals surface area contributed by atoms with Crippen molar-refractivity contribution in [2.75, 3.05) is 5.32 Å². The summed E-state index contributed by atoms with van der Waals surface area (Å²) in [5, 5.41) is 6.17. The molecule has 88 valence electrons. The Morgan fingerprint density at radius 1 is 1.35 bits per heavy atom. The van der Waals surface area contributed by atoms with Gasteiger partial charge in [0.1, 0.15) is 11.6 Å². The Kier molecular flexibility index (Phi) is 2.86. The summed E-state index contributed by atoms with van der Waals surface area (Å²) < 4.78 is 27.3. The maximum Gasteiger partial charge on any atom is 0.276 e. The maximum absolute atomic E-state index is 13.3. The summed E-state index contributed by atoms with van der Waals surface area (Å²) in [7, 11) is 1.66. The molecule has 0 unspecified atom stereocenters. The number of rotatable bonds is 2. The minimum absolute atomic E-state index is 0.0814. The van der Waals surface area contributed by atoms with Crippen LogP contribution in [-0.4, -0.2) is 15.7 Å². The van der Waals surface area contributed by atoms with Crippen molar-refractivity contribution in [2.45, 2.75) is 0 Å². The van der Waals surface area contributed by atoms with E-state index >= 15 is 0 Å². The number of halogens is 2. The zero-order chi connectivity index (χ0) is 12.4. The van der Waals surface area contributed by atoms with Gasteiger partial charge in [-0.05, 0) is 18.2 Å². The molecule has 0 aliphatic heterocycles. The second-order valence-corrected chi connectivity index (χ2v) is 3.45. The molecule has 0 radical (unpaired) electrons. The Labute approximate surface area is 95.9 Å². The number of hydrogen-bond acceptors (Lipinski definition) is 2. The van der Waals surface area contributed by atoms with E-state index < -0.39 is 17.5 Å². The number of anilines is 1. The van der Waals surface area contributed by atoms with Crippen molar-refractivity contribution in [3.05, 3.63) is 47.8 Å². The molecule has 4 nitrogen and oxygen atoms in total. The molecule has 0 saturated heterocycles. The number of carbonyl (C=O) groups excluding carboxylic acids is 1. The lowest BCUT2D eigenvalue weighted by Gasteiger charge is -2.04. The Hall–Kier alpha value is -2.24. The molecule has 17 heavy (non-hydrogen) atoms. The first kappa shape index (κ1) is 11.3. The molecule has 0 spiro atoms. The third-order valence-electron chi connectivity index (χ3n) is 2.13. The number of aryl methyl sites for hydroxylation is 1. The molecule has 6 heteroatoms. The van der Waals surface area contributed by atoms with Crippen LogP contribution in [0.25, 0.3) is 0 Å². The van der Waals surface area contributed by atoms with Gasteiger partial charge in [0.05, 0.1) is 5.69 Å². The summed E-state index contributed by atoms with van der Waals surface area (Å²) in [6.07, 6.45) is 1.59. The molecule has 1 aromatic heterocycles. The largest absolute Gasteiger partial charge is 0.318 e. The second kappa shape index (κ2) is 4.32. The van der Waals surface area contributed by atoms with Crippen LogP contribution in [-0.2, 0) is 7.05 Å². The van der Waals surface area contributed by atoms with E-state index in [1.165, 1.54) is 10.7 Å². The van der Waals surface area contributed by atoms with Crippen molar-refractivity contribution in [3.8, 4) is 0 Å². The van der Waals surface area contributed by atoms with E-state index in [1.54, 1.807) is 13.2 Å². The minimum atomic E-state index is -0.825.